The number of hydrogen-bond donors (Lipinski definition) is 0. The maximum Gasteiger partial charge on any atom is 0.455 e. The fourth-order valence-electron chi connectivity index (χ4n) is 2.47. The summed E-state index contributed by atoms with van der Waals surface area (Å²) in [6, 6.07) is 3.72. The number of methoxy groups -OCH3 is 1. The number of pyridine rings is 1. The van der Waals surface area contributed by atoms with Crippen LogP contribution in [0.4, 0.5) is 18.9 Å². The third-order valence-corrected chi connectivity index (χ3v) is 3.75. The van der Waals surface area contributed by atoms with Crippen molar-refractivity contribution in [3.8, 4) is 5.88 Å². The van der Waals surface area contributed by atoms with E-state index >= 15 is 0 Å². The van der Waals surface area contributed by atoms with Gasteiger partial charge in [0.25, 0.3) is 5.82 Å². The number of alkyl halides is 3. The highest BCUT2D eigenvalue weighted by Gasteiger charge is 2.37. The third kappa shape index (κ3) is 3.75. The van der Waals surface area contributed by atoms with Crippen LogP contribution in [0.1, 0.15) is 11.7 Å². The first kappa shape index (κ1) is 16.5. The SMILES string of the molecule is COc1ccc(N2CCN(Cc3nc(C(F)(F)F)no3)CC2)cn1. The maximum absolute atomic E-state index is 12.5. The van der Waals surface area contributed by atoms with Crippen molar-refractivity contribution in [2.75, 3.05) is 38.2 Å². The molecular formula is C14H16F3N5O2. The first-order valence-electron chi connectivity index (χ1n) is 7.33. The quantitative estimate of drug-likeness (QED) is 0.839. The van der Waals surface area contributed by atoms with E-state index in [1.807, 2.05) is 11.0 Å². The van der Waals surface area contributed by atoms with Crippen LogP contribution in [-0.2, 0) is 12.7 Å². The normalized spacial score (nSPS) is 16.4. The number of piperazine rings is 1. The van der Waals surface area contributed by atoms with Crippen LogP contribution in [0.3, 0.4) is 0 Å². The number of ether oxygens (including phenoxy) is 1. The summed E-state index contributed by atoms with van der Waals surface area (Å²) >= 11 is 0. The first-order chi connectivity index (χ1) is 11.5. The van der Waals surface area contributed by atoms with Crippen molar-refractivity contribution in [2.24, 2.45) is 0 Å². The summed E-state index contributed by atoms with van der Waals surface area (Å²) in [5.74, 6) is -0.711. The van der Waals surface area contributed by atoms with Gasteiger partial charge in [-0.05, 0) is 6.07 Å². The first-order valence-corrected chi connectivity index (χ1v) is 7.33. The van der Waals surface area contributed by atoms with Crippen LogP contribution in [0.5, 0.6) is 5.88 Å². The Bertz CT molecular complexity index is 666. The van der Waals surface area contributed by atoms with E-state index in [2.05, 4.69) is 24.5 Å². The summed E-state index contributed by atoms with van der Waals surface area (Å²) in [5, 5.41) is 2.96. The van der Waals surface area contributed by atoms with E-state index in [1.54, 1.807) is 19.4 Å². The molecule has 0 bridgehead atoms. The van der Waals surface area contributed by atoms with Gasteiger partial charge in [-0.1, -0.05) is 5.16 Å². The molecule has 24 heavy (non-hydrogen) atoms. The molecule has 3 rings (SSSR count). The third-order valence-electron chi connectivity index (χ3n) is 3.75. The number of aromatic nitrogens is 3. The second-order valence-corrected chi connectivity index (χ2v) is 5.33. The molecule has 130 valence electrons. The molecule has 1 saturated heterocycles. The van der Waals surface area contributed by atoms with Crippen molar-refractivity contribution in [3.63, 3.8) is 0 Å². The van der Waals surface area contributed by atoms with Crippen LogP contribution < -0.4 is 9.64 Å². The highest BCUT2D eigenvalue weighted by atomic mass is 19.4. The minimum Gasteiger partial charge on any atom is -0.481 e. The van der Waals surface area contributed by atoms with Crippen molar-refractivity contribution in [1.82, 2.24) is 20.0 Å². The van der Waals surface area contributed by atoms with Gasteiger partial charge in [0.1, 0.15) is 0 Å². The Morgan fingerprint density at radius 3 is 2.50 bits per heavy atom. The summed E-state index contributed by atoms with van der Waals surface area (Å²) in [4.78, 5) is 11.7. The number of hydrogen-bond acceptors (Lipinski definition) is 7. The maximum atomic E-state index is 12.5. The molecule has 1 aliphatic heterocycles. The van der Waals surface area contributed by atoms with Gasteiger partial charge >= 0.3 is 6.18 Å². The van der Waals surface area contributed by atoms with E-state index < -0.39 is 12.0 Å². The second kappa shape index (κ2) is 6.63. The Morgan fingerprint density at radius 1 is 1.21 bits per heavy atom. The average molecular weight is 343 g/mol. The van der Waals surface area contributed by atoms with Crippen molar-refractivity contribution in [3.05, 3.63) is 30.0 Å². The van der Waals surface area contributed by atoms with Crippen molar-refractivity contribution < 1.29 is 22.4 Å². The van der Waals surface area contributed by atoms with E-state index in [0.29, 0.717) is 19.0 Å². The molecule has 0 atom stereocenters. The smallest absolute Gasteiger partial charge is 0.455 e. The predicted octanol–water partition coefficient (Wildman–Crippen LogP) is 1.81. The summed E-state index contributed by atoms with van der Waals surface area (Å²) < 4.78 is 47.1. The molecule has 2 aromatic heterocycles. The van der Waals surface area contributed by atoms with Gasteiger partial charge in [0.05, 0.1) is 25.5 Å². The van der Waals surface area contributed by atoms with E-state index in [1.165, 1.54) is 0 Å². The van der Waals surface area contributed by atoms with Crippen LogP contribution >= 0.6 is 0 Å². The molecule has 2 aromatic rings. The fraction of sp³-hybridized carbons (Fsp3) is 0.500. The zero-order valence-electron chi connectivity index (χ0n) is 13.0. The highest BCUT2D eigenvalue weighted by molar-refractivity contribution is 5.45. The van der Waals surface area contributed by atoms with Crippen LogP contribution in [0.15, 0.2) is 22.9 Å². The van der Waals surface area contributed by atoms with Gasteiger partial charge in [0.2, 0.25) is 11.8 Å². The lowest BCUT2D eigenvalue weighted by Crippen LogP contribution is -2.46. The molecule has 0 N–H and O–H groups in total. The molecule has 0 aliphatic carbocycles. The monoisotopic (exact) mass is 343 g/mol. The zero-order chi connectivity index (χ0) is 17.2. The molecule has 0 unspecified atom stereocenters. The van der Waals surface area contributed by atoms with Gasteiger partial charge in [-0.15, -0.1) is 0 Å². The molecule has 3 heterocycles. The molecular weight excluding hydrogens is 327 g/mol. The van der Waals surface area contributed by atoms with Crippen molar-refractivity contribution in [1.29, 1.82) is 0 Å². The van der Waals surface area contributed by atoms with Crippen LogP contribution in [-0.4, -0.2) is 53.3 Å². The predicted molar refractivity (Wildman–Crippen MR) is 77.6 cm³/mol. The molecule has 0 radical (unpaired) electrons. The largest absolute Gasteiger partial charge is 0.481 e. The molecule has 0 aromatic carbocycles. The standard InChI is InChI=1S/C14H16F3N5O2/c1-23-11-3-2-10(8-18-11)22-6-4-21(5-7-22)9-12-19-13(20-24-12)14(15,16)17/h2-3,8H,4-7,9H2,1H3. The van der Waals surface area contributed by atoms with Gasteiger partial charge in [-0.25, -0.2) is 4.98 Å². The van der Waals surface area contributed by atoms with Gasteiger partial charge in [0.15, 0.2) is 0 Å². The Morgan fingerprint density at radius 2 is 1.96 bits per heavy atom. The number of rotatable bonds is 4. The minimum absolute atomic E-state index is 0.0260. The Kier molecular flexibility index (Phi) is 4.56. The summed E-state index contributed by atoms with van der Waals surface area (Å²) in [5.41, 5.74) is 0.979. The average Bonchev–Trinajstić information content (AvgIpc) is 3.05. The van der Waals surface area contributed by atoms with E-state index in [0.717, 1.165) is 18.8 Å². The molecule has 0 amide bonds. The lowest BCUT2D eigenvalue weighted by molar-refractivity contribution is -0.146. The van der Waals surface area contributed by atoms with Crippen LogP contribution in [0.2, 0.25) is 0 Å². The van der Waals surface area contributed by atoms with Gasteiger partial charge in [-0.3, -0.25) is 4.90 Å². The summed E-state index contributed by atoms with van der Waals surface area (Å²) in [6.45, 7) is 3.02. The van der Waals surface area contributed by atoms with E-state index in [4.69, 9.17) is 4.74 Å². The van der Waals surface area contributed by atoms with Crippen LogP contribution in [0, 0.1) is 0 Å². The zero-order valence-corrected chi connectivity index (χ0v) is 13.0. The summed E-state index contributed by atoms with van der Waals surface area (Å²) in [7, 11) is 1.56. The van der Waals surface area contributed by atoms with Crippen molar-refractivity contribution in [2.45, 2.75) is 12.7 Å². The molecule has 7 nitrogen and oxygen atoms in total. The van der Waals surface area contributed by atoms with Gasteiger partial charge in [-0.2, -0.15) is 18.2 Å². The van der Waals surface area contributed by atoms with Crippen molar-refractivity contribution >= 4 is 5.69 Å². The Balaban J connectivity index is 1.54. The van der Waals surface area contributed by atoms with E-state index in [9.17, 15) is 13.2 Å². The molecule has 0 spiro atoms. The van der Waals surface area contributed by atoms with Crippen LogP contribution in [0.25, 0.3) is 0 Å². The lowest BCUT2D eigenvalue weighted by Gasteiger charge is -2.35. The topological polar surface area (TPSA) is 67.5 Å². The molecule has 10 heteroatoms. The Labute approximate surface area is 136 Å². The lowest BCUT2D eigenvalue weighted by atomic mass is 10.2. The van der Waals surface area contributed by atoms with Gasteiger partial charge in [0, 0.05) is 32.2 Å². The number of nitrogens with zero attached hydrogens (tertiary/aromatic N) is 5. The number of halogens is 3. The Hall–Kier alpha value is -2.36. The number of anilines is 1. The van der Waals surface area contributed by atoms with E-state index in [-0.39, 0.29) is 12.4 Å². The summed E-state index contributed by atoms with van der Waals surface area (Å²) in [6.07, 6.45) is -2.84. The molecule has 1 fully saturated rings. The van der Waals surface area contributed by atoms with Gasteiger partial charge < -0.3 is 14.2 Å². The second-order valence-electron chi connectivity index (χ2n) is 5.33. The molecule has 0 saturated carbocycles. The fourth-order valence-corrected chi connectivity index (χ4v) is 2.47. The minimum atomic E-state index is -4.58. The highest BCUT2D eigenvalue weighted by Crippen LogP contribution is 2.26. The molecule has 1 aliphatic rings.